The van der Waals surface area contributed by atoms with Gasteiger partial charge >= 0.3 is 0 Å². The topological polar surface area (TPSA) is 63.2 Å². The van der Waals surface area contributed by atoms with Crippen LogP contribution in [0.4, 0.5) is 11.6 Å². The first-order valence-electron chi connectivity index (χ1n) is 13.1. The number of hydrogen-bond donors (Lipinski definition) is 1. The van der Waals surface area contributed by atoms with E-state index in [0.717, 1.165) is 72.4 Å². The highest BCUT2D eigenvalue weighted by atomic mass is 35.5. The summed E-state index contributed by atoms with van der Waals surface area (Å²) in [5.41, 5.74) is 7.64. The molecule has 0 unspecified atom stereocenters. The summed E-state index contributed by atoms with van der Waals surface area (Å²) in [5.74, 6) is 1.05. The number of halogens is 1. The number of benzene rings is 2. The summed E-state index contributed by atoms with van der Waals surface area (Å²) in [7, 11) is 0. The average Bonchev–Trinajstić information content (AvgIpc) is 2.95. The summed E-state index contributed by atoms with van der Waals surface area (Å²) < 4.78 is 5.63. The molecule has 0 radical (unpaired) electrons. The molecule has 0 bridgehead atoms. The lowest BCUT2D eigenvalue weighted by Crippen LogP contribution is -2.21. The first kappa shape index (κ1) is 24.6. The van der Waals surface area contributed by atoms with Gasteiger partial charge in [-0.15, -0.1) is 0 Å². The molecule has 2 aromatic heterocycles. The van der Waals surface area contributed by atoms with Crippen LogP contribution in [0, 0.1) is 6.92 Å². The minimum Gasteiger partial charge on any atom is -0.381 e. The highest BCUT2D eigenvalue weighted by Gasteiger charge is 2.20. The molecule has 0 saturated carbocycles. The SMILES string of the molecule is Cc1ccncc1-c1ccc(Cl)c2cnc(Nc3ccc(C4CCOCC4)c(CN4C=CC=CC4)c3)nc12. The van der Waals surface area contributed by atoms with Gasteiger partial charge in [-0.3, -0.25) is 4.98 Å². The van der Waals surface area contributed by atoms with Crippen molar-refractivity contribution in [1.82, 2.24) is 19.9 Å². The molecule has 2 aliphatic heterocycles. The van der Waals surface area contributed by atoms with E-state index in [1.807, 2.05) is 24.4 Å². The van der Waals surface area contributed by atoms with Crippen LogP contribution >= 0.6 is 11.6 Å². The molecule has 38 heavy (non-hydrogen) atoms. The molecule has 6 nitrogen and oxygen atoms in total. The van der Waals surface area contributed by atoms with Crippen LogP contribution in [0.3, 0.4) is 0 Å². The van der Waals surface area contributed by atoms with Gasteiger partial charge in [-0.1, -0.05) is 35.9 Å². The minimum atomic E-state index is 0.515. The van der Waals surface area contributed by atoms with Crippen LogP contribution < -0.4 is 5.32 Å². The summed E-state index contributed by atoms with van der Waals surface area (Å²) in [6.07, 6.45) is 16.1. The molecule has 0 amide bonds. The predicted molar refractivity (Wildman–Crippen MR) is 154 cm³/mol. The third kappa shape index (κ3) is 5.15. The number of pyridine rings is 1. The van der Waals surface area contributed by atoms with Crippen molar-refractivity contribution < 1.29 is 4.74 Å². The maximum absolute atomic E-state index is 6.53. The summed E-state index contributed by atoms with van der Waals surface area (Å²) in [6, 6.07) is 12.6. The predicted octanol–water partition coefficient (Wildman–Crippen LogP) is 7.18. The second-order valence-corrected chi connectivity index (χ2v) is 10.3. The van der Waals surface area contributed by atoms with Gasteiger partial charge in [-0.05, 0) is 78.9 Å². The molecule has 7 heteroatoms. The number of rotatable bonds is 6. The molecule has 1 fully saturated rings. The Morgan fingerprint density at radius 3 is 2.76 bits per heavy atom. The van der Waals surface area contributed by atoms with E-state index in [0.29, 0.717) is 16.9 Å². The number of aromatic nitrogens is 3. The molecule has 0 spiro atoms. The number of anilines is 2. The van der Waals surface area contributed by atoms with Crippen molar-refractivity contribution in [2.45, 2.75) is 32.2 Å². The summed E-state index contributed by atoms with van der Waals surface area (Å²) in [6.45, 7) is 5.48. The zero-order valence-electron chi connectivity index (χ0n) is 21.4. The number of fused-ring (bicyclic) bond motifs is 1. The van der Waals surface area contributed by atoms with E-state index in [1.54, 1.807) is 12.4 Å². The van der Waals surface area contributed by atoms with E-state index in [1.165, 1.54) is 11.1 Å². The second kappa shape index (κ2) is 10.9. The first-order valence-corrected chi connectivity index (χ1v) is 13.4. The third-order valence-corrected chi connectivity index (χ3v) is 7.67. The average molecular weight is 524 g/mol. The molecular weight excluding hydrogens is 494 g/mol. The van der Waals surface area contributed by atoms with Crippen LogP contribution in [-0.2, 0) is 11.3 Å². The quantitative estimate of drug-likeness (QED) is 0.289. The van der Waals surface area contributed by atoms with Gasteiger partial charge in [0.2, 0.25) is 5.95 Å². The number of nitrogens with one attached hydrogen (secondary N) is 1. The van der Waals surface area contributed by atoms with Crippen molar-refractivity contribution in [3.63, 3.8) is 0 Å². The number of ether oxygens (including phenoxy) is 1. The first-order chi connectivity index (χ1) is 18.7. The van der Waals surface area contributed by atoms with Gasteiger partial charge in [0.1, 0.15) is 0 Å². The number of allylic oxidation sites excluding steroid dienone is 2. The standard InChI is InChI=1S/C31H30ClN5O/c1-21-9-12-33-18-27(21)26-7-8-29(32)28-19-34-31(36-30(26)28)35-24-5-6-25(22-10-15-38-16-11-22)23(17-24)20-37-13-3-2-4-14-37/h2-9,12-13,17-19,22H,10-11,14-16,20H2,1H3,(H,34,35,36). The Hall–Kier alpha value is -3.74. The molecule has 1 saturated heterocycles. The van der Waals surface area contributed by atoms with E-state index >= 15 is 0 Å². The van der Waals surface area contributed by atoms with Gasteiger partial charge in [0, 0.05) is 67.1 Å². The number of hydrogen-bond acceptors (Lipinski definition) is 6. The van der Waals surface area contributed by atoms with Crippen LogP contribution in [0.15, 0.2) is 79.4 Å². The molecular formula is C31H30ClN5O. The maximum atomic E-state index is 6.53. The highest BCUT2D eigenvalue weighted by molar-refractivity contribution is 6.35. The van der Waals surface area contributed by atoms with Crippen molar-refractivity contribution in [2.75, 3.05) is 25.1 Å². The molecule has 4 heterocycles. The van der Waals surface area contributed by atoms with E-state index < -0.39 is 0 Å². The fourth-order valence-electron chi connectivity index (χ4n) is 5.31. The van der Waals surface area contributed by atoms with Crippen LogP contribution in [0.5, 0.6) is 0 Å². The molecule has 6 rings (SSSR count). The van der Waals surface area contributed by atoms with Gasteiger partial charge < -0.3 is 15.0 Å². The monoisotopic (exact) mass is 523 g/mol. The Morgan fingerprint density at radius 1 is 1.05 bits per heavy atom. The molecule has 0 atom stereocenters. The van der Waals surface area contributed by atoms with Crippen LogP contribution in [-0.4, -0.2) is 39.6 Å². The van der Waals surface area contributed by atoms with E-state index in [4.69, 9.17) is 21.3 Å². The van der Waals surface area contributed by atoms with Crippen molar-refractivity contribution in [2.24, 2.45) is 0 Å². The van der Waals surface area contributed by atoms with Crippen LogP contribution in [0.1, 0.15) is 35.4 Å². The van der Waals surface area contributed by atoms with Crippen molar-refractivity contribution >= 4 is 34.1 Å². The Morgan fingerprint density at radius 2 is 1.95 bits per heavy atom. The van der Waals surface area contributed by atoms with Gasteiger partial charge in [0.05, 0.1) is 10.5 Å². The normalized spacial score (nSPS) is 15.8. The summed E-state index contributed by atoms with van der Waals surface area (Å²) in [5, 5.41) is 4.91. The largest absolute Gasteiger partial charge is 0.381 e. The smallest absolute Gasteiger partial charge is 0.227 e. The summed E-state index contributed by atoms with van der Waals surface area (Å²) >= 11 is 6.53. The Kier molecular flexibility index (Phi) is 7.08. The van der Waals surface area contributed by atoms with Gasteiger partial charge in [-0.2, -0.15) is 0 Å². The number of aryl methyl sites for hydroxylation is 1. The molecule has 2 aliphatic rings. The lowest BCUT2D eigenvalue weighted by Gasteiger charge is -2.28. The Balaban J connectivity index is 1.35. The van der Waals surface area contributed by atoms with Crippen molar-refractivity contribution in [3.8, 4) is 11.1 Å². The van der Waals surface area contributed by atoms with Gasteiger partial charge in [0.15, 0.2) is 0 Å². The maximum Gasteiger partial charge on any atom is 0.227 e. The fourth-order valence-corrected chi connectivity index (χ4v) is 5.51. The number of nitrogens with zero attached hydrogens (tertiary/aromatic N) is 4. The van der Waals surface area contributed by atoms with Gasteiger partial charge in [-0.25, -0.2) is 9.97 Å². The fraction of sp³-hybridized carbons (Fsp3) is 0.258. The lowest BCUT2D eigenvalue weighted by molar-refractivity contribution is 0.0850. The van der Waals surface area contributed by atoms with Crippen LogP contribution in [0.2, 0.25) is 5.02 Å². The van der Waals surface area contributed by atoms with Crippen molar-refractivity contribution in [3.05, 3.63) is 101 Å². The lowest BCUT2D eigenvalue weighted by atomic mass is 9.87. The molecule has 4 aromatic rings. The molecule has 192 valence electrons. The zero-order valence-corrected chi connectivity index (χ0v) is 22.2. The molecule has 2 aromatic carbocycles. The highest BCUT2D eigenvalue weighted by Crippen LogP contribution is 2.35. The molecule has 0 aliphatic carbocycles. The van der Waals surface area contributed by atoms with Crippen molar-refractivity contribution in [1.29, 1.82) is 0 Å². The summed E-state index contributed by atoms with van der Waals surface area (Å²) in [4.78, 5) is 16.2. The van der Waals surface area contributed by atoms with E-state index in [-0.39, 0.29) is 0 Å². The molecule has 1 N–H and O–H groups in total. The minimum absolute atomic E-state index is 0.515. The Bertz CT molecular complexity index is 1530. The van der Waals surface area contributed by atoms with E-state index in [2.05, 4.69) is 69.7 Å². The van der Waals surface area contributed by atoms with Gasteiger partial charge in [0.25, 0.3) is 0 Å². The van der Waals surface area contributed by atoms with Crippen LogP contribution in [0.25, 0.3) is 22.0 Å². The Labute approximate surface area is 228 Å². The third-order valence-electron chi connectivity index (χ3n) is 7.34. The second-order valence-electron chi connectivity index (χ2n) is 9.87. The zero-order chi connectivity index (χ0) is 25.9. The van der Waals surface area contributed by atoms with E-state index in [9.17, 15) is 0 Å².